The molecule has 0 bridgehead atoms. The van der Waals surface area contributed by atoms with Gasteiger partial charge in [-0.25, -0.2) is 17.6 Å². The van der Waals surface area contributed by atoms with E-state index in [1.165, 1.54) is 17.0 Å². The Morgan fingerprint density at radius 2 is 2.08 bits per heavy atom. The number of esters is 1. The van der Waals surface area contributed by atoms with Crippen LogP contribution in [0.1, 0.15) is 29.3 Å². The number of ether oxygens (including phenoxy) is 1. The quantitative estimate of drug-likeness (QED) is 0.743. The highest BCUT2D eigenvalue weighted by Crippen LogP contribution is 2.18. The molecule has 0 radical (unpaired) electrons. The summed E-state index contributed by atoms with van der Waals surface area (Å²) in [5.41, 5.74) is 0.430. The van der Waals surface area contributed by atoms with Gasteiger partial charge in [0.15, 0.2) is 16.4 Å². The summed E-state index contributed by atoms with van der Waals surface area (Å²) in [6, 6.07) is 3.55. The first kappa shape index (κ1) is 18.4. The highest BCUT2D eigenvalue weighted by Gasteiger charge is 2.34. The number of carbonyl (C=O) groups is 2. The molecule has 24 heavy (non-hydrogen) atoms. The molecule has 0 N–H and O–H groups in total. The van der Waals surface area contributed by atoms with Crippen LogP contribution in [0.2, 0.25) is 0 Å². The van der Waals surface area contributed by atoms with Gasteiger partial charge in [-0.05, 0) is 38.0 Å². The molecule has 1 atom stereocenters. The minimum absolute atomic E-state index is 0.0254. The lowest BCUT2D eigenvalue weighted by molar-refractivity contribution is -0.136. The number of aryl methyl sites for hydroxylation is 1. The molecule has 2 rings (SSSR count). The van der Waals surface area contributed by atoms with Crippen molar-refractivity contribution in [2.75, 3.05) is 24.7 Å². The van der Waals surface area contributed by atoms with E-state index < -0.39 is 34.1 Å². The summed E-state index contributed by atoms with van der Waals surface area (Å²) in [6.45, 7) is 3.14. The Kier molecular flexibility index (Phi) is 5.58. The van der Waals surface area contributed by atoms with Gasteiger partial charge in [-0.3, -0.25) is 4.79 Å². The van der Waals surface area contributed by atoms with E-state index in [4.69, 9.17) is 4.74 Å². The van der Waals surface area contributed by atoms with E-state index in [2.05, 4.69) is 0 Å². The Morgan fingerprint density at radius 3 is 2.62 bits per heavy atom. The molecule has 132 valence electrons. The van der Waals surface area contributed by atoms with Crippen LogP contribution in [-0.2, 0) is 19.4 Å². The zero-order valence-corrected chi connectivity index (χ0v) is 14.4. The molecule has 1 heterocycles. The second kappa shape index (κ2) is 7.29. The van der Waals surface area contributed by atoms with Crippen LogP contribution in [0.25, 0.3) is 0 Å². The van der Waals surface area contributed by atoms with Gasteiger partial charge >= 0.3 is 5.97 Å². The Balaban J connectivity index is 1.95. The molecule has 1 aromatic carbocycles. The Morgan fingerprint density at radius 1 is 1.38 bits per heavy atom. The van der Waals surface area contributed by atoms with Gasteiger partial charge < -0.3 is 9.64 Å². The summed E-state index contributed by atoms with van der Waals surface area (Å²) in [5.74, 6) is -1.78. The molecule has 0 aliphatic carbocycles. The molecule has 1 amide bonds. The number of rotatable bonds is 5. The molecule has 1 aliphatic heterocycles. The third-order valence-electron chi connectivity index (χ3n) is 4.04. The van der Waals surface area contributed by atoms with Gasteiger partial charge in [0, 0.05) is 12.6 Å². The number of nitrogens with zero attached hydrogens (tertiary/aromatic N) is 1. The van der Waals surface area contributed by atoms with Gasteiger partial charge in [0.2, 0.25) is 0 Å². The van der Waals surface area contributed by atoms with Crippen LogP contribution >= 0.6 is 0 Å². The topological polar surface area (TPSA) is 80.8 Å². The molecule has 1 fully saturated rings. The maximum absolute atomic E-state index is 13.5. The SMILES string of the molecule is CCN(C(=O)COC(=O)c1ccc(C)c(F)c1)C1CCS(=O)(=O)C1. The lowest BCUT2D eigenvalue weighted by Crippen LogP contribution is -2.43. The van der Waals surface area contributed by atoms with Crippen LogP contribution in [0.4, 0.5) is 4.39 Å². The molecule has 0 aromatic heterocycles. The number of benzene rings is 1. The minimum Gasteiger partial charge on any atom is -0.452 e. The fraction of sp³-hybridized carbons (Fsp3) is 0.500. The zero-order chi connectivity index (χ0) is 17.9. The van der Waals surface area contributed by atoms with E-state index in [-0.39, 0.29) is 23.1 Å². The Bertz CT molecular complexity index is 747. The molecule has 8 heteroatoms. The zero-order valence-electron chi connectivity index (χ0n) is 13.6. The summed E-state index contributed by atoms with van der Waals surface area (Å²) in [7, 11) is -3.11. The number of hydrogen-bond donors (Lipinski definition) is 0. The first-order chi connectivity index (χ1) is 11.2. The Hall–Kier alpha value is -1.96. The Labute approximate surface area is 140 Å². The second-order valence-corrected chi connectivity index (χ2v) is 8.01. The summed E-state index contributed by atoms with van der Waals surface area (Å²) in [5, 5.41) is 0. The minimum atomic E-state index is -3.11. The first-order valence-electron chi connectivity index (χ1n) is 7.66. The van der Waals surface area contributed by atoms with E-state index in [1.54, 1.807) is 13.8 Å². The van der Waals surface area contributed by atoms with Crippen LogP contribution in [0.15, 0.2) is 18.2 Å². The van der Waals surface area contributed by atoms with Gasteiger partial charge in [-0.1, -0.05) is 6.07 Å². The van der Waals surface area contributed by atoms with Gasteiger partial charge in [0.1, 0.15) is 5.82 Å². The number of hydrogen-bond acceptors (Lipinski definition) is 5. The van der Waals surface area contributed by atoms with Crippen LogP contribution in [0, 0.1) is 12.7 Å². The molecule has 1 saturated heterocycles. The number of likely N-dealkylation sites (N-methyl/N-ethyl adjacent to an activating group) is 1. The first-order valence-corrected chi connectivity index (χ1v) is 9.49. The van der Waals surface area contributed by atoms with E-state index in [1.807, 2.05) is 0 Å². The molecule has 1 unspecified atom stereocenters. The third kappa shape index (κ3) is 4.31. The second-order valence-electron chi connectivity index (χ2n) is 5.78. The van der Waals surface area contributed by atoms with Crippen molar-refractivity contribution in [3.8, 4) is 0 Å². The molecule has 1 aliphatic rings. The van der Waals surface area contributed by atoms with E-state index in [9.17, 15) is 22.4 Å². The summed E-state index contributed by atoms with van der Waals surface area (Å²) < 4.78 is 41.5. The van der Waals surface area contributed by atoms with Crippen molar-refractivity contribution in [3.63, 3.8) is 0 Å². The highest BCUT2D eigenvalue weighted by molar-refractivity contribution is 7.91. The monoisotopic (exact) mass is 357 g/mol. The predicted octanol–water partition coefficient (Wildman–Crippen LogP) is 1.33. The number of carbonyl (C=O) groups excluding carboxylic acids is 2. The van der Waals surface area contributed by atoms with E-state index >= 15 is 0 Å². The van der Waals surface area contributed by atoms with Crippen LogP contribution < -0.4 is 0 Å². The molecular weight excluding hydrogens is 337 g/mol. The van der Waals surface area contributed by atoms with Crippen LogP contribution in [0.5, 0.6) is 0 Å². The van der Waals surface area contributed by atoms with E-state index in [0.29, 0.717) is 18.5 Å². The maximum atomic E-state index is 13.5. The van der Waals surface area contributed by atoms with Crippen molar-refractivity contribution in [1.29, 1.82) is 0 Å². The van der Waals surface area contributed by atoms with Crippen LogP contribution in [0.3, 0.4) is 0 Å². The average molecular weight is 357 g/mol. The van der Waals surface area contributed by atoms with Gasteiger partial charge in [-0.15, -0.1) is 0 Å². The summed E-state index contributed by atoms with van der Waals surface area (Å²) >= 11 is 0. The molecular formula is C16H20FNO5S. The summed E-state index contributed by atoms with van der Waals surface area (Å²) in [6.07, 6.45) is 0.388. The van der Waals surface area contributed by atoms with Crippen molar-refractivity contribution in [3.05, 3.63) is 35.1 Å². The predicted molar refractivity (Wildman–Crippen MR) is 85.9 cm³/mol. The van der Waals surface area contributed by atoms with Crippen molar-refractivity contribution in [2.24, 2.45) is 0 Å². The van der Waals surface area contributed by atoms with Crippen molar-refractivity contribution in [2.45, 2.75) is 26.3 Å². The van der Waals surface area contributed by atoms with E-state index in [0.717, 1.165) is 6.07 Å². The molecule has 0 saturated carbocycles. The smallest absolute Gasteiger partial charge is 0.338 e. The number of halogens is 1. The largest absolute Gasteiger partial charge is 0.452 e. The summed E-state index contributed by atoms with van der Waals surface area (Å²) in [4.78, 5) is 25.5. The van der Waals surface area contributed by atoms with Crippen molar-refractivity contribution in [1.82, 2.24) is 4.90 Å². The van der Waals surface area contributed by atoms with Crippen molar-refractivity contribution < 1.29 is 27.1 Å². The van der Waals surface area contributed by atoms with Gasteiger partial charge in [0.25, 0.3) is 5.91 Å². The number of amides is 1. The normalized spacial score (nSPS) is 19.0. The van der Waals surface area contributed by atoms with Crippen molar-refractivity contribution >= 4 is 21.7 Å². The third-order valence-corrected chi connectivity index (χ3v) is 5.79. The average Bonchev–Trinajstić information content (AvgIpc) is 2.88. The van der Waals surface area contributed by atoms with Gasteiger partial charge in [-0.2, -0.15) is 0 Å². The number of sulfone groups is 1. The lowest BCUT2D eigenvalue weighted by Gasteiger charge is -2.26. The van der Waals surface area contributed by atoms with Gasteiger partial charge in [0.05, 0.1) is 17.1 Å². The molecule has 1 aromatic rings. The highest BCUT2D eigenvalue weighted by atomic mass is 32.2. The lowest BCUT2D eigenvalue weighted by atomic mass is 10.1. The molecule has 0 spiro atoms. The molecule has 6 nitrogen and oxygen atoms in total. The fourth-order valence-corrected chi connectivity index (χ4v) is 4.40. The standard InChI is InChI=1S/C16H20FNO5S/c1-3-18(13-6-7-24(21,22)10-13)15(19)9-23-16(20)12-5-4-11(2)14(17)8-12/h4-5,8,13H,3,6-7,9-10H2,1-2H3. The van der Waals surface area contributed by atoms with Crippen LogP contribution in [-0.4, -0.2) is 55.9 Å². The maximum Gasteiger partial charge on any atom is 0.338 e. The fourth-order valence-electron chi connectivity index (χ4n) is 2.67.